The molecule has 0 aromatic heterocycles. The normalized spacial score (nSPS) is 11.9. The first-order chi connectivity index (χ1) is 7.15. The summed E-state index contributed by atoms with van der Waals surface area (Å²) in [6.07, 6.45) is 0. The molecule has 1 aromatic rings. The van der Waals surface area contributed by atoms with E-state index in [2.05, 4.69) is 0 Å². The van der Waals surface area contributed by atoms with Crippen LogP contribution in [0, 0.1) is 5.92 Å². The van der Waals surface area contributed by atoms with Crippen LogP contribution in [0.2, 0.25) is 0 Å². The molecule has 0 aliphatic carbocycles. The third kappa shape index (κ3) is 3.16. The minimum Gasteiger partial charge on any atom is -0.493 e. The quantitative estimate of drug-likeness (QED) is 0.805. The Labute approximate surface area is 88.4 Å². The Hall–Kier alpha value is -1.71. The summed E-state index contributed by atoms with van der Waals surface area (Å²) in [6.45, 7) is 1.73. The Morgan fingerprint density at radius 2 is 2.00 bits per heavy atom. The number of para-hydroxylation sites is 2. The van der Waals surface area contributed by atoms with Crippen molar-refractivity contribution in [2.45, 2.75) is 6.92 Å². The molecule has 0 heterocycles. The van der Waals surface area contributed by atoms with Gasteiger partial charge in [-0.3, -0.25) is 4.79 Å². The van der Waals surface area contributed by atoms with Crippen LogP contribution in [0.4, 0.5) is 0 Å². The van der Waals surface area contributed by atoms with E-state index in [1.54, 1.807) is 26.2 Å². The predicted molar refractivity (Wildman–Crippen MR) is 55.3 cm³/mol. The van der Waals surface area contributed by atoms with E-state index in [9.17, 15) is 4.79 Å². The second-order valence-electron chi connectivity index (χ2n) is 3.20. The van der Waals surface area contributed by atoms with Gasteiger partial charge < -0.3 is 14.6 Å². The molecule has 0 bridgehead atoms. The lowest BCUT2D eigenvalue weighted by atomic mass is 10.2. The van der Waals surface area contributed by atoms with Crippen molar-refractivity contribution in [1.82, 2.24) is 0 Å². The van der Waals surface area contributed by atoms with Gasteiger partial charge >= 0.3 is 5.97 Å². The molecular formula is C11H14O4. The highest BCUT2D eigenvalue weighted by atomic mass is 16.5. The van der Waals surface area contributed by atoms with Gasteiger partial charge in [-0.25, -0.2) is 0 Å². The predicted octanol–water partition coefficient (Wildman–Crippen LogP) is 1.79. The van der Waals surface area contributed by atoms with E-state index in [-0.39, 0.29) is 6.61 Å². The Morgan fingerprint density at radius 1 is 1.40 bits per heavy atom. The highest BCUT2D eigenvalue weighted by Crippen LogP contribution is 2.26. The third-order valence-corrected chi connectivity index (χ3v) is 1.98. The van der Waals surface area contributed by atoms with Gasteiger partial charge in [0, 0.05) is 0 Å². The zero-order chi connectivity index (χ0) is 11.3. The van der Waals surface area contributed by atoms with Crippen LogP contribution in [-0.4, -0.2) is 24.8 Å². The zero-order valence-corrected chi connectivity index (χ0v) is 8.77. The molecule has 82 valence electrons. The first kappa shape index (κ1) is 11.4. The highest BCUT2D eigenvalue weighted by molar-refractivity contribution is 5.69. The zero-order valence-electron chi connectivity index (χ0n) is 8.77. The van der Waals surface area contributed by atoms with Crippen LogP contribution in [0.5, 0.6) is 11.5 Å². The SMILES string of the molecule is COc1ccccc1OCC(C)C(=O)O. The van der Waals surface area contributed by atoms with E-state index in [0.29, 0.717) is 11.5 Å². The molecule has 0 fully saturated rings. The Bertz CT molecular complexity index is 335. The second-order valence-corrected chi connectivity index (χ2v) is 3.20. The molecule has 15 heavy (non-hydrogen) atoms. The highest BCUT2D eigenvalue weighted by Gasteiger charge is 2.12. The molecule has 1 aromatic carbocycles. The standard InChI is InChI=1S/C11H14O4/c1-8(11(12)13)7-15-10-6-4-3-5-9(10)14-2/h3-6,8H,7H2,1-2H3,(H,12,13). The van der Waals surface area contributed by atoms with E-state index >= 15 is 0 Å². The van der Waals surface area contributed by atoms with Crippen LogP contribution in [0.3, 0.4) is 0 Å². The molecule has 0 aliphatic rings. The van der Waals surface area contributed by atoms with Crippen LogP contribution < -0.4 is 9.47 Å². The van der Waals surface area contributed by atoms with Crippen molar-refractivity contribution in [2.24, 2.45) is 5.92 Å². The maximum atomic E-state index is 10.6. The van der Waals surface area contributed by atoms with E-state index in [1.807, 2.05) is 12.1 Å². The summed E-state index contributed by atoms with van der Waals surface area (Å²) in [6, 6.07) is 7.14. The average Bonchev–Trinajstić information content (AvgIpc) is 2.26. The topological polar surface area (TPSA) is 55.8 Å². The largest absolute Gasteiger partial charge is 0.493 e. The number of carbonyl (C=O) groups is 1. The number of benzene rings is 1. The molecule has 1 atom stereocenters. The molecule has 0 saturated carbocycles. The van der Waals surface area contributed by atoms with Crippen molar-refractivity contribution in [3.63, 3.8) is 0 Å². The molecule has 4 heteroatoms. The van der Waals surface area contributed by atoms with Gasteiger partial charge in [0.15, 0.2) is 11.5 Å². The number of hydrogen-bond acceptors (Lipinski definition) is 3. The Kier molecular flexibility index (Phi) is 3.97. The summed E-state index contributed by atoms with van der Waals surface area (Å²) in [5.74, 6) is -0.233. The maximum absolute atomic E-state index is 10.6. The van der Waals surface area contributed by atoms with Crippen LogP contribution >= 0.6 is 0 Å². The lowest BCUT2D eigenvalue weighted by Crippen LogP contribution is -2.18. The number of hydrogen-bond donors (Lipinski definition) is 1. The van der Waals surface area contributed by atoms with Crippen molar-refractivity contribution in [3.05, 3.63) is 24.3 Å². The van der Waals surface area contributed by atoms with Crippen molar-refractivity contribution < 1.29 is 19.4 Å². The fraction of sp³-hybridized carbons (Fsp3) is 0.364. The van der Waals surface area contributed by atoms with Gasteiger partial charge in [0.2, 0.25) is 0 Å². The molecule has 1 rings (SSSR count). The smallest absolute Gasteiger partial charge is 0.309 e. The molecule has 0 amide bonds. The van der Waals surface area contributed by atoms with Gasteiger partial charge in [-0.05, 0) is 19.1 Å². The molecular weight excluding hydrogens is 196 g/mol. The van der Waals surface area contributed by atoms with Crippen LogP contribution in [0.15, 0.2) is 24.3 Å². The summed E-state index contributed by atoms with van der Waals surface area (Å²) >= 11 is 0. The minimum atomic E-state index is -0.870. The molecule has 4 nitrogen and oxygen atoms in total. The van der Waals surface area contributed by atoms with Gasteiger partial charge in [0.05, 0.1) is 13.0 Å². The van der Waals surface area contributed by atoms with Gasteiger partial charge in [-0.15, -0.1) is 0 Å². The van der Waals surface area contributed by atoms with Crippen molar-refractivity contribution in [1.29, 1.82) is 0 Å². The van der Waals surface area contributed by atoms with E-state index in [0.717, 1.165) is 0 Å². The third-order valence-electron chi connectivity index (χ3n) is 1.98. The molecule has 1 unspecified atom stereocenters. The van der Waals surface area contributed by atoms with Gasteiger partial charge in [-0.1, -0.05) is 12.1 Å². The lowest BCUT2D eigenvalue weighted by Gasteiger charge is -2.11. The summed E-state index contributed by atoms with van der Waals surface area (Å²) < 4.78 is 10.4. The summed E-state index contributed by atoms with van der Waals surface area (Å²) in [4.78, 5) is 10.6. The van der Waals surface area contributed by atoms with Gasteiger partial charge in [0.1, 0.15) is 6.61 Å². The Morgan fingerprint density at radius 3 is 2.53 bits per heavy atom. The number of carboxylic acids is 1. The van der Waals surface area contributed by atoms with Crippen molar-refractivity contribution in [3.8, 4) is 11.5 Å². The van der Waals surface area contributed by atoms with Gasteiger partial charge in [-0.2, -0.15) is 0 Å². The van der Waals surface area contributed by atoms with Gasteiger partial charge in [0.25, 0.3) is 0 Å². The van der Waals surface area contributed by atoms with Crippen molar-refractivity contribution in [2.75, 3.05) is 13.7 Å². The number of carboxylic acid groups (broad SMARTS) is 1. The average molecular weight is 210 g/mol. The summed E-state index contributed by atoms with van der Waals surface area (Å²) in [5, 5.41) is 8.68. The second kappa shape index (κ2) is 5.24. The Balaban J connectivity index is 2.60. The molecule has 1 N–H and O–H groups in total. The number of rotatable bonds is 5. The van der Waals surface area contributed by atoms with Crippen molar-refractivity contribution >= 4 is 5.97 Å². The number of ether oxygens (including phenoxy) is 2. The lowest BCUT2D eigenvalue weighted by molar-refractivity contribution is -0.142. The van der Waals surface area contributed by atoms with E-state index in [4.69, 9.17) is 14.6 Å². The number of aliphatic carboxylic acids is 1. The van der Waals surface area contributed by atoms with E-state index < -0.39 is 11.9 Å². The molecule has 0 saturated heterocycles. The fourth-order valence-corrected chi connectivity index (χ4v) is 1.02. The molecule has 0 aliphatic heterocycles. The minimum absolute atomic E-state index is 0.135. The monoisotopic (exact) mass is 210 g/mol. The fourth-order valence-electron chi connectivity index (χ4n) is 1.02. The van der Waals surface area contributed by atoms with Crippen LogP contribution in [0.1, 0.15) is 6.92 Å². The molecule has 0 spiro atoms. The number of methoxy groups -OCH3 is 1. The maximum Gasteiger partial charge on any atom is 0.309 e. The summed E-state index contributed by atoms with van der Waals surface area (Å²) in [7, 11) is 1.54. The molecule has 0 radical (unpaired) electrons. The summed E-state index contributed by atoms with van der Waals surface area (Å²) in [5.41, 5.74) is 0. The van der Waals surface area contributed by atoms with Crippen LogP contribution in [0.25, 0.3) is 0 Å². The van der Waals surface area contributed by atoms with Crippen LogP contribution in [-0.2, 0) is 4.79 Å². The first-order valence-electron chi connectivity index (χ1n) is 4.63. The van der Waals surface area contributed by atoms with E-state index in [1.165, 1.54) is 0 Å². The first-order valence-corrected chi connectivity index (χ1v) is 4.63.